The molecule has 7 nitrogen and oxygen atoms in total. The van der Waals surface area contributed by atoms with Crippen LogP contribution >= 0.6 is 0 Å². The molecule has 1 amide bonds. The number of piperidine rings is 1. The van der Waals surface area contributed by atoms with Crippen LogP contribution < -0.4 is 10.6 Å². The Morgan fingerprint density at radius 3 is 2.07 bits per heavy atom. The number of aryl methyl sites for hydroxylation is 2. The molecular formula is C36H36N4O3S. The number of anilines is 1. The number of nitrogens with zero attached hydrogens (tertiary/aromatic N) is 2. The van der Waals surface area contributed by atoms with Crippen LogP contribution in [-0.2, 0) is 10.0 Å². The first-order valence-electron chi connectivity index (χ1n) is 14.6. The zero-order valence-electron chi connectivity index (χ0n) is 25.2. The van der Waals surface area contributed by atoms with Crippen molar-refractivity contribution in [3.8, 4) is 28.3 Å². The summed E-state index contributed by atoms with van der Waals surface area (Å²) in [5, 5.41) is 17.4. The van der Waals surface area contributed by atoms with Crippen LogP contribution in [0.3, 0.4) is 0 Å². The molecule has 44 heavy (non-hydrogen) atoms. The van der Waals surface area contributed by atoms with Crippen molar-refractivity contribution in [2.45, 2.75) is 32.2 Å². The largest absolute Gasteiger partial charge is 0.388 e. The minimum atomic E-state index is -3.72. The van der Waals surface area contributed by atoms with Crippen LogP contribution in [0.15, 0.2) is 96.4 Å². The van der Waals surface area contributed by atoms with Gasteiger partial charge < -0.3 is 10.6 Å². The molecule has 1 fully saturated rings. The Kier molecular flexibility index (Phi) is 9.00. The third-order valence-corrected chi connectivity index (χ3v) is 9.80. The van der Waals surface area contributed by atoms with Gasteiger partial charge in [-0.1, -0.05) is 66.7 Å². The van der Waals surface area contributed by atoms with Gasteiger partial charge in [0.15, 0.2) is 0 Å². The molecule has 4 aromatic carbocycles. The lowest BCUT2D eigenvalue weighted by molar-refractivity contribution is 0.0895. The highest BCUT2D eigenvalue weighted by Gasteiger charge is 2.39. The minimum absolute atomic E-state index is 0.127. The molecule has 0 unspecified atom stereocenters. The molecule has 0 saturated carbocycles. The van der Waals surface area contributed by atoms with E-state index in [9.17, 15) is 18.5 Å². The van der Waals surface area contributed by atoms with E-state index >= 15 is 0 Å². The van der Waals surface area contributed by atoms with E-state index in [1.165, 1.54) is 9.71 Å². The fourth-order valence-corrected chi connectivity index (χ4v) is 6.90. The number of sulfonamides is 1. The molecule has 0 radical (unpaired) electrons. The van der Waals surface area contributed by atoms with Crippen molar-refractivity contribution in [3.05, 3.63) is 119 Å². The molecule has 0 atom stereocenters. The molecule has 4 aromatic rings. The molecule has 5 rings (SSSR count). The lowest BCUT2D eigenvalue weighted by atomic mass is 9.89. The van der Waals surface area contributed by atoms with Crippen LogP contribution in [0.25, 0.3) is 28.3 Å². The maximum absolute atomic E-state index is 13.5. The molecule has 0 aromatic heterocycles. The second kappa shape index (κ2) is 12.9. The summed E-state index contributed by atoms with van der Waals surface area (Å²) in [5.74, 6) is -0.363. The van der Waals surface area contributed by atoms with Crippen LogP contribution in [-0.4, -0.2) is 44.3 Å². The molecule has 1 saturated heterocycles. The zero-order valence-corrected chi connectivity index (χ0v) is 26.0. The maximum Gasteiger partial charge on any atom is 0.252 e. The van der Waals surface area contributed by atoms with Gasteiger partial charge in [0.2, 0.25) is 10.0 Å². The van der Waals surface area contributed by atoms with Crippen molar-refractivity contribution in [1.29, 1.82) is 5.26 Å². The summed E-state index contributed by atoms with van der Waals surface area (Å²) in [6, 6.07) is 31.7. The van der Waals surface area contributed by atoms with Crippen molar-refractivity contribution < 1.29 is 13.2 Å². The summed E-state index contributed by atoms with van der Waals surface area (Å²) in [6.45, 7) is 4.15. The van der Waals surface area contributed by atoms with Gasteiger partial charge in [0, 0.05) is 36.8 Å². The quantitative estimate of drug-likeness (QED) is 0.231. The zero-order chi connectivity index (χ0) is 31.3. The SMILES string of the molecule is CNc1cc(C)c(C=CS(=O)(=O)N2CCC(C#N)(NC(=O)c3cccc(-c4ccccc4-c4ccccc4)c3)CC2)c(C)c1. The molecular weight excluding hydrogens is 568 g/mol. The van der Waals surface area contributed by atoms with E-state index in [1.807, 2.05) is 87.6 Å². The first-order valence-corrected chi connectivity index (χ1v) is 16.1. The molecule has 1 heterocycles. The van der Waals surface area contributed by atoms with E-state index < -0.39 is 15.6 Å². The Morgan fingerprint density at radius 1 is 0.864 bits per heavy atom. The molecule has 2 N–H and O–H groups in total. The average Bonchev–Trinajstić information content (AvgIpc) is 3.05. The first kappa shape index (κ1) is 30.7. The molecule has 1 aliphatic heterocycles. The van der Waals surface area contributed by atoms with Crippen LogP contribution in [0.1, 0.15) is 39.9 Å². The van der Waals surface area contributed by atoms with Gasteiger partial charge >= 0.3 is 0 Å². The van der Waals surface area contributed by atoms with Gasteiger partial charge in [-0.25, -0.2) is 8.42 Å². The van der Waals surface area contributed by atoms with Crippen LogP contribution in [0.2, 0.25) is 0 Å². The van der Waals surface area contributed by atoms with Crippen LogP contribution in [0, 0.1) is 25.2 Å². The third-order valence-electron chi connectivity index (χ3n) is 8.24. The van der Waals surface area contributed by atoms with E-state index in [4.69, 9.17) is 0 Å². The van der Waals surface area contributed by atoms with E-state index in [-0.39, 0.29) is 31.8 Å². The summed E-state index contributed by atoms with van der Waals surface area (Å²) in [6.07, 6.45) is 2.01. The standard InChI is InChI=1S/C36H36N4O3S/c1-26-22-31(38-3)23-27(2)32(26)16-21-44(42,43)40-19-17-36(25-37,18-20-40)39-35(41)30-13-9-12-29(24-30)34-15-8-7-14-33(34)28-10-5-4-6-11-28/h4-16,21-24,38H,17-20H2,1-3H3,(H,39,41). The Hall–Kier alpha value is -4.71. The lowest BCUT2D eigenvalue weighted by Crippen LogP contribution is -2.55. The van der Waals surface area contributed by atoms with E-state index in [1.54, 1.807) is 12.1 Å². The molecule has 0 spiro atoms. The van der Waals surface area contributed by atoms with Crippen molar-refractivity contribution in [3.63, 3.8) is 0 Å². The summed E-state index contributed by atoms with van der Waals surface area (Å²) in [4.78, 5) is 13.5. The smallest absolute Gasteiger partial charge is 0.252 e. The number of rotatable bonds is 8. The predicted octanol–water partition coefficient (Wildman–Crippen LogP) is 6.77. The van der Waals surface area contributed by atoms with Crippen molar-refractivity contribution in [1.82, 2.24) is 9.62 Å². The van der Waals surface area contributed by atoms with Gasteiger partial charge in [-0.15, -0.1) is 0 Å². The number of benzene rings is 4. The molecule has 0 bridgehead atoms. The van der Waals surface area contributed by atoms with E-state index in [0.29, 0.717) is 5.56 Å². The Balaban J connectivity index is 1.29. The second-order valence-corrected chi connectivity index (χ2v) is 13.0. The maximum atomic E-state index is 13.5. The van der Waals surface area contributed by atoms with Gasteiger partial charge in [-0.2, -0.15) is 9.57 Å². The van der Waals surface area contributed by atoms with Gasteiger partial charge in [0.1, 0.15) is 5.54 Å². The number of hydrogen-bond acceptors (Lipinski definition) is 5. The molecule has 0 aliphatic carbocycles. The number of carbonyl (C=O) groups excluding carboxylic acids is 1. The molecule has 1 aliphatic rings. The summed E-state index contributed by atoms with van der Waals surface area (Å²) in [5.41, 5.74) is 7.06. The van der Waals surface area contributed by atoms with Gasteiger partial charge in [-0.3, -0.25) is 4.79 Å². The number of nitrogens with one attached hydrogen (secondary N) is 2. The van der Waals surface area contributed by atoms with Gasteiger partial charge in [-0.05, 0) is 96.0 Å². The number of hydrogen-bond donors (Lipinski definition) is 2. The number of amides is 1. The fourth-order valence-electron chi connectivity index (χ4n) is 5.73. The highest BCUT2D eigenvalue weighted by Crippen LogP contribution is 2.33. The van der Waals surface area contributed by atoms with E-state index in [0.717, 1.165) is 44.6 Å². The van der Waals surface area contributed by atoms with Gasteiger partial charge in [0.05, 0.1) is 6.07 Å². The Labute approximate surface area is 259 Å². The minimum Gasteiger partial charge on any atom is -0.388 e. The Morgan fingerprint density at radius 2 is 1.45 bits per heavy atom. The van der Waals surface area contributed by atoms with Crippen molar-refractivity contribution in [2.75, 3.05) is 25.5 Å². The number of carbonyl (C=O) groups is 1. The highest BCUT2D eigenvalue weighted by molar-refractivity contribution is 7.92. The van der Waals surface area contributed by atoms with Crippen LogP contribution in [0.5, 0.6) is 0 Å². The number of nitriles is 1. The summed E-state index contributed by atoms with van der Waals surface area (Å²) >= 11 is 0. The van der Waals surface area contributed by atoms with Crippen molar-refractivity contribution in [2.24, 2.45) is 0 Å². The van der Waals surface area contributed by atoms with Crippen molar-refractivity contribution >= 4 is 27.7 Å². The van der Waals surface area contributed by atoms with E-state index in [2.05, 4.69) is 34.9 Å². The average molecular weight is 605 g/mol. The molecule has 224 valence electrons. The third kappa shape index (κ3) is 6.60. The van der Waals surface area contributed by atoms with Gasteiger partial charge in [0.25, 0.3) is 5.91 Å². The normalized spacial score (nSPS) is 15.0. The predicted molar refractivity (Wildman–Crippen MR) is 177 cm³/mol. The lowest BCUT2D eigenvalue weighted by Gasteiger charge is -2.36. The topological polar surface area (TPSA) is 102 Å². The first-order chi connectivity index (χ1) is 21.1. The fraction of sp³-hybridized carbons (Fsp3) is 0.222. The summed E-state index contributed by atoms with van der Waals surface area (Å²) in [7, 11) is -1.87. The molecule has 8 heteroatoms. The monoisotopic (exact) mass is 604 g/mol. The summed E-state index contributed by atoms with van der Waals surface area (Å²) < 4.78 is 27.8. The highest BCUT2D eigenvalue weighted by atomic mass is 32.2. The second-order valence-electron chi connectivity index (χ2n) is 11.2. The Bertz CT molecular complexity index is 1830. The van der Waals surface area contributed by atoms with Crippen LogP contribution in [0.4, 0.5) is 5.69 Å².